The van der Waals surface area contributed by atoms with Crippen LogP contribution in [0.15, 0.2) is 186 Å². The van der Waals surface area contributed by atoms with Crippen molar-refractivity contribution in [3.05, 3.63) is 182 Å². The summed E-state index contributed by atoms with van der Waals surface area (Å²) in [7, 11) is 0. The molecule has 0 saturated heterocycles. The van der Waals surface area contributed by atoms with E-state index in [0.717, 1.165) is 43.8 Å². The summed E-state index contributed by atoms with van der Waals surface area (Å²) < 4.78 is 104. The van der Waals surface area contributed by atoms with Crippen LogP contribution in [0.25, 0.3) is 98.8 Å². The second-order valence-corrected chi connectivity index (χ2v) is 11.9. The zero-order valence-electron chi connectivity index (χ0n) is 36.9. The lowest BCUT2D eigenvalue weighted by molar-refractivity contribution is 0.669. The highest BCUT2D eigenvalue weighted by molar-refractivity contribution is 6.27. The smallest absolute Gasteiger partial charge is 0.136 e. The van der Waals surface area contributed by atoms with Crippen molar-refractivity contribution in [2.75, 3.05) is 0 Å². The van der Waals surface area contributed by atoms with Gasteiger partial charge in [0.2, 0.25) is 0 Å². The van der Waals surface area contributed by atoms with Gasteiger partial charge in [-0.15, -0.1) is 0 Å². The summed E-state index contributed by atoms with van der Waals surface area (Å²) in [6.45, 7) is 0. The molecule has 10 aromatic rings. The fraction of sp³-hybridized carbons (Fsp3) is 0. The normalized spacial score (nSPS) is 14.8. The van der Waals surface area contributed by atoms with Crippen LogP contribution in [0.5, 0.6) is 0 Å². The molecule has 0 aliphatic rings. The molecule has 10 rings (SSSR count). The molecule has 0 atom stereocenters. The van der Waals surface area contributed by atoms with Gasteiger partial charge in [-0.2, -0.15) is 0 Å². The van der Waals surface area contributed by atoms with Crippen molar-refractivity contribution in [3.63, 3.8) is 0 Å². The summed E-state index contributed by atoms with van der Waals surface area (Å²) >= 11 is 0. The molecule has 9 aromatic carbocycles. The maximum absolute atomic E-state index is 9.61. The number of hydrogen-bond donors (Lipinski definition) is 0. The van der Waals surface area contributed by atoms with Gasteiger partial charge >= 0.3 is 0 Å². The van der Waals surface area contributed by atoms with Crippen LogP contribution < -0.4 is 0 Å². The van der Waals surface area contributed by atoms with Gasteiger partial charge in [-0.1, -0.05) is 164 Å². The topological polar surface area (TPSA) is 13.1 Å². The molecule has 228 valence electrons. The minimum absolute atomic E-state index is 0.0652. The summed E-state index contributed by atoms with van der Waals surface area (Å²) in [5.74, 6) is 0. The Bertz CT molecular complexity index is 3420. The number of furan rings is 1. The van der Waals surface area contributed by atoms with Crippen LogP contribution in [-0.2, 0) is 0 Å². The Morgan fingerprint density at radius 2 is 0.918 bits per heavy atom. The second kappa shape index (κ2) is 11.1. The van der Waals surface area contributed by atoms with Gasteiger partial charge in [0.05, 0.1) is 15.1 Å². The predicted molar refractivity (Wildman–Crippen MR) is 208 cm³/mol. The first-order valence-electron chi connectivity index (χ1n) is 21.5. The Labute approximate surface area is 299 Å². The summed E-state index contributed by atoms with van der Waals surface area (Å²) in [5, 5.41) is 5.23. The number of hydrogen-bond acceptors (Lipinski definition) is 1. The first kappa shape index (κ1) is 18.8. The summed E-state index contributed by atoms with van der Waals surface area (Å²) in [6, 6.07) is 32.3. The van der Waals surface area contributed by atoms with Crippen LogP contribution in [0.2, 0.25) is 0 Å². The maximum atomic E-state index is 9.61. The van der Waals surface area contributed by atoms with Gasteiger partial charge in [0, 0.05) is 10.8 Å². The third-order valence-electron chi connectivity index (χ3n) is 9.28. The third-order valence-corrected chi connectivity index (χ3v) is 9.28. The Morgan fingerprint density at radius 1 is 0.347 bits per heavy atom. The quantitative estimate of drug-likeness (QED) is 0.176. The SMILES string of the molecule is [2H]c1c([2H])c([2H])c(-c2c([2H])c([2H])c3oc4c([2H])c([2H])c([2H])c(-c5c6ccccc6c(-c6ccc(-c7ccccc7)c7ccccc67)c6ccccc56)c4c3c2[2H])c([2H])c1[2H]. The van der Waals surface area contributed by atoms with E-state index in [2.05, 4.69) is 36.4 Å². The number of benzene rings is 9. The molecule has 0 N–H and O–H groups in total. The van der Waals surface area contributed by atoms with Gasteiger partial charge < -0.3 is 4.42 Å². The Hall–Kier alpha value is -6.44. The molecule has 1 nitrogen and oxygen atoms in total. The van der Waals surface area contributed by atoms with Crippen LogP contribution in [0.1, 0.15) is 15.1 Å². The Balaban J connectivity index is 1.37. The van der Waals surface area contributed by atoms with Crippen molar-refractivity contribution in [1.82, 2.24) is 0 Å². The zero-order chi connectivity index (χ0) is 41.9. The molecule has 0 bridgehead atoms. The standard InChI is InChI=1S/C48H30O/c1-3-14-31(15-4-1)33-26-29-44-43(30-33)48-42(24-13-25-45(48)49-44)47-39-22-11-9-20-37(39)46(38-21-10-12-23-40(38)47)41-28-27-34(32-16-5-2-6-17-32)35-18-7-8-19-36(35)41/h1-30H/i1D,3D,4D,13D,14D,15D,24D,25D,26D,29D,30D. The lowest BCUT2D eigenvalue weighted by Crippen LogP contribution is -1.92. The first-order chi connectivity index (χ1) is 28.9. The average molecular weight is 634 g/mol. The molecule has 1 aromatic heterocycles. The molecule has 1 heteroatoms. The minimum Gasteiger partial charge on any atom is -0.456 e. The van der Waals surface area contributed by atoms with Crippen molar-refractivity contribution >= 4 is 54.3 Å². The van der Waals surface area contributed by atoms with Crippen molar-refractivity contribution < 1.29 is 19.5 Å². The molecule has 0 aliphatic heterocycles. The fourth-order valence-corrected chi connectivity index (χ4v) is 7.22. The first-order valence-corrected chi connectivity index (χ1v) is 16.0. The molecule has 0 unspecified atom stereocenters. The Kier molecular flexibility index (Phi) is 4.25. The van der Waals surface area contributed by atoms with E-state index < -0.39 is 66.0 Å². The summed E-state index contributed by atoms with van der Waals surface area (Å²) in [6.07, 6.45) is 0. The van der Waals surface area contributed by atoms with E-state index >= 15 is 0 Å². The molecular formula is C48H30O. The highest BCUT2D eigenvalue weighted by Crippen LogP contribution is 2.48. The zero-order valence-corrected chi connectivity index (χ0v) is 25.9. The van der Waals surface area contributed by atoms with Crippen LogP contribution in [0.4, 0.5) is 0 Å². The maximum Gasteiger partial charge on any atom is 0.136 e. The van der Waals surface area contributed by atoms with Crippen molar-refractivity contribution in [2.45, 2.75) is 0 Å². The monoisotopic (exact) mass is 633 g/mol. The molecule has 0 fully saturated rings. The largest absolute Gasteiger partial charge is 0.456 e. The molecule has 1 heterocycles. The van der Waals surface area contributed by atoms with E-state index in [1.165, 1.54) is 0 Å². The van der Waals surface area contributed by atoms with Crippen LogP contribution >= 0.6 is 0 Å². The molecule has 0 spiro atoms. The van der Waals surface area contributed by atoms with E-state index in [4.69, 9.17) is 16.8 Å². The van der Waals surface area contributed by atoms with E-state index in [1.807, 2.05) is 78.9 Å². The lowest BCUT2D eigenvalue weighted by Gasteiger charge is -2.20. The summed E-state index contributed by atoms with van der Waals surface area (Å²) in [5.41, 5.74) is 3.61. The van der Waals surface area contributed by atoms with Crippen molar-refractivity contribution in [3.8, 4) is 44.5 Å². The molecule has 0 amide bonds. The number of rotatable bonds is 4. The van der Waals surface area contributed by atoms with Gasteiger partial charge in [0.25, 0.3) is 0 Å². The van der Waals surface area contributed by atoms with Crippen molar-refractivity contribution in [2.24, 2.45) is 0 Å². The van der Waals surface area contributed by atoms with E-state index in [0.29, 0.717) is 16.3 Å². The molecule has 0 radical (unpaired) electrons. The summed E-state index contributed by atoms with van der Waals surface area (Å²) in [4.78, 5) is 0. The van der Waals surface area contributed by atoms with Crippen molar-refractivity contribution in [1.29, 1.82) is 0 Å². The van der Waals surface area contributed by atoms with E-state index in [1.54, 1.807) is 0 Å². The molecular weight excluding hydrogens is 593 g/mol. The van der Waals surface area contributed by atoms with Crippen LogP contribution in [0, 0.1) is 0 Å². The lowest BCUT2D eigenvalue weighted by atomic mass is 9.83. The molecule has 0 aliphatic carbocycles. The molecule has 0 saturated carbocycles. The van der Waals surface area contributed by atoms with Gasteiger partial charge in [-0.3, -0.25) is 0 Å². The van der Waals surface area contributed by atoms with Gasteiger partial charge in [-0.25, -0.2) is 0 Å². The van der Waals surface area contributed by atoms with Gasteiger partial charge in [0.1, 0.15) is 11.2 Å². The van der Waals surface area contributed by atoms with Crippen LogP contribution in [0.3, 0.4) is 0 Å². The van der Waals surface area contributed by atoms with E-state index in [9.17, 15) is 2.74 Å². The average Bonchev–Trinajstić information content (AvgIpc) is 3.68. The van der Waals surface area contributed by atoms with E-state index in [-0.39, 0.29) is 39.1 Å². The van der Waals surface area contributed by atoms with Crippen LogP contribution in [-0.4, -0.2) is 0 Å². The second-order valence-electron chi connectivity index (χ2n) is 11.9. The predicted octanol–water partition coefficient (Wildman–Crippen LogP) is 13.7. The van der Waals surface area contributed by atoms with Gasteiger partial charge in [-0.05, 0) is 95.0 Å². The van der Waals surface area contributed by atoms with Gasteiger partial charge in [0.15, 0.2) is 0 Å². The highest BCUT2D eigenvalue weighted by atomic mass is 16.3. The number of fused-ring (bicyclic) bond motifs is 6. The minimum atomic E-state index is -0.657. The third kappa shape index (κ3) is 4.33. The Morgan fingerprint density at radius 3 is 1.59 bits per heavy atom. The fourth-order valence-electron chi connectivity index (χ4n) is 7.22. The molecule has 49 heavy (non-hydrogen) atoms. The highest BCUT2D eigenvalue weighted by Gasteiger charge is 2.21.